The molecule has 0 radical (unpaired) electrons. The zero-order valence-electron chi connectivity index (χ0n) is 12.2. The summed E-state index contributed by atoms with van der Waals surface area (Å²) >= 11 is 0. The van der Waals surface area contributed by atoms with E-state index >= 15 is 0 Å². The van der Waals surface area contributed by atoms with E-state index in [1.165, 1.54) is 0 Å². The monoisotopic (exact) mass is 290 g/mol. The fourth-order valence-electron chi connectivity index (χ4n) is 2.24. The van der Waals surface area contributed by atoms with Crippen LogP contribution in [0.25, 0.3) is 0 Å². The van der Waals surface area contributed by atoms with Gasteiger partial charge in [0.1, 0.15) is 6.04 Å². The van der Waals surface area contributed by atoms with Crippen molar-refractivity contribution < 1.29 is 9.59 Å². The van der Waals surface area contributed by atoms with Gasteiger partial charge >= 0.3 is 6.03 Å². The van der Waals surface area contributed by atoms with Gasteiger partial charge in [-0.25, -0.2) is 4.79 Å². The molecule has 1 aromatic rings. The maximum atomic E-state index is 12.0. The zero-order valence-corrected chi connectivity index (χ0v) is 12.2. The molecule has 0 saturated carbocycles. The number of carbonyl (C=O) groups is 2. The number of carbonyl (C=O) groups excluding carboxylic acids is 2. The number of amides is 3. The van der Waals surface area contributed by atoms with Crippen LogP contribution in [0.1, 0.15) is 19.8 Å². The highest BCUT2D eigenvalue weighted by atomic mass is 16.2. The van der Waals surface area contributed by atoms with Crippen molar-refractivity contribution in [3.63, 3.8) is 0 Å². The van der Waals surface area contributed by atoms with E-state index in [-0.39, 0.29) is 18.0 Å². The molecule has 114 valence electrons. The minimum Gasteiger partial charge on any atom is -0.351 e. The van der Waals surface area contributed by atoms with Crippen LogP contribution in [0.15, 0.2) is 30.3 Å². The Bertz CT molecular complexity index is 472. The van der Waals surface area contributed by atoms with Gasteiger partial charge in [-0.05, 0) is 45.0 Å². The van der Waals surface area contributed by atoms with Gasteiger partial charge < -0.3 is 21.3 Å². The van der Waals surface area contributed by atoms with Crippen molar-refractivity contribution in [3.8, 4) is 0 Å². The van der Waals surface area contributed by atoms with Gasteiger partial charge in [-0.2, -0.15) is 0 Å². The van der Waals surface area contributed by atoms with Crippen LogP contribution in [-0.2, 0) is 4.79 Å². The first-order valence-electron chi connectivity index (χ1n) is 7.29. The SMILES string of the molecule is CC(NC(=O)Nc1ccccc1)C(=O)NC1CCNCC1. The van der Waals surface area contributed by atoms with Crippen LogP contribution in [0, 0.1) is 0 Å². The molecule has 2 rings (SSSR count). The van der Waals surface area contributed by atoms with Crippen LogP contribution in [0.4, 0.5) is 10.5 Å². The second kappa shape index (κ2) is 7.64. The molecule has 0 spiro atoms. The van der Waals surface area contributed by atoms with Crippen molar-refractivity contribution in [2.45, 2.75) is 31.8 Å². The molecule has 0 bridgehead atoms. The molecule has 1 atom stereocenters. The third-order valence-corrected chi connectivity index (χ3v) is 3.46. The summed E-state index contributed by atoms with van der Waals surface area (Å²) in [5, 5.41) is 11.5. The number of hydrogen-bond donors (Lipinski definition) is 4. The van der Waals surface area contributed by atoms with Gasteiger partial charge in [0, 0.05) is 11.7 Å². The summed E-state index contributed by atoms with van der Waals surface area (Å²) in [7, 11) is 0. The lowest BCUT2D eigenvalue weighted by Crippen LogP contribution is -2.51. The van der Waals surface area contributed by atoms with E-state index in [9.17, 15) is 9.59 Å². The van der Waals surface area contributed by atoms with Crippen molar-refractivity contribution >= 4 is 17.6 Å². The summed E-state index contributed by atoms with van der Waals surface area (Å²) < 4.78 is 0. The Hall–Kier alpha value is -2.08. The predicted octanol–water partition coefficient (Wildman–Crippen LogP) is 1.06. The molecule has 1 fully saturated rings. The van der Waals surface area contributed by atoms with Crippen LogP contribution in [0.3, 0.4) is 0 Å². The topological polar surface area (TPSA) is 82.3 Å². The maximum absolute atomic E-state index is 12.0. The molecule has 1 aliphatic rings. The Morgan fingerprint density at radius 1 is 1.19 bits per heavy atom. The van der Waals surface area contributed by atoms with Crippen LogP contribution < -0.4 is 21.3 Å². The molecule has 1 aliphatic heterocycles. The number of hydrogen-bond acceptors (Lipinski definition) is 3. The highest BCUT2D eigenvalue weighted by Gasteiger charge is 2.20. The lowest BCUT2D eigenvalue weighted by molar-refractivity contribution is -0.123. The second-order valence-corrected chi connectivity index (χ2v) is 5.22. The third-order valence-electron chi connectivity index (χ3n) is 3.46. The number of rotatable bonds is 4. The summed E-state index contributed by atoms with van der Waals surface area (Å²) in [4.78, 5) is 23.8. The Morgan fingerprint density at radius 3 is 2.52 bits per heavy atom. The molecule has 1 aromatic carbocycles. The molecule has 1 saturated heterocycles. The second-order valence-electron chi connectivity index (χ2n) is 5.22. The first-order valence-corrected chi connectivity index (χ1v) is 7.29. The molecular weight excluding hydrogens is 268 g/mol. The van der Waals surface area contributed by atoms with E-state index in [0.29, 0.717) is 5.69 Å². The number of para-hydroxylation sites is 1. The largest absolute Gasteiger partial charge is 0.351 e. The van der Waals surface area contributed by atoms with E-state index in [1.54, 1.807) is 19.1 Å². The molecule has 4 N–H and O–H groups in total. The summed E-state index contributed by atoms with van der Waals surface area (Å²) in [5.41, 5.74) is 0.695. The van der Waals surface area contributed by atoms with Gasteiger partial charge in [0.05, 0.1) is 0 Å². The van der Waals surface area contributed by atoms with Crippen molar-refractivity contribution in [2.75, 3.05) is 18.4 Å². The third kappa shape index (κ3) is 5.07. The summed E-state index contributed by atoms with van der Waals surface area (Å²) in [6.45, 7) is 3.52. The van der Waals surface area contributed by atoms with E-state index in [1.807, 2.05) is 18.2 Å². The normalized spacial score (nSPS) is 16.8. The van der Waals surface area contributed by atoms with Gasteiger partial charge in [0.15, 0.2) is 0 Å². The van der Waals surface area contributed by atoms with Gasteiger partial charge in [-0.15, -0.1) is 0 Å². The fraction of sp³-hybridized carbons (Fsp3) is 0.467. The average molecular weight is 290 g/mol. The number of urea groups is 1. The Balaban J connectivity index is 1.75. The minimum atomic E-state index is -0.566. The first kappa shape index (κ1) is 15.3. The quantitative estimate of drug-likeness (QED) is 0.669. The molecule has 1 heterocycles. The van der Waals surface area contributed by atoms with E-state index in [0.717, 1.165) is 25.9 Å². The number of anilines is 1. The van der Waals surface area contributed by atoms with Crippen molar-refractivity contribution in [2.24, 2.45) is 0 Å². The van der Waals surface area contributed by atoms with E-state index in [2.05, 4.69) is 21.3 Å². The van der Waals surface area contributed by atoms with Crippen LogP contribution in [-0.4, -0.2) is 37.1 Å². The van der Waals surface area contributed by atoms with E-state index < -0.39 is 6.04 Å². The van der Waals surface area contributed by atoms with Gasteiger partial charge in [0.25, 0.3) is 0 Å². The summed E-state index contributed by atoms with van der Waals surface area (Å²) in [6, 6.07) is 8.38. The molecule has 21 heavy (non-hydrogen) atoms. The van der Waals surface area contributed by atoms with Gasteiger partial charge in [0.2, 0.25) is 5.91 Å². The zero-order chi connectivity index (χ0) is 15.1. The van der Waals surface area contributed by atoms with Crippen molar-refractivity contribution in [1.29, 1.82) is 0 Å². The predicted molar refractivity (Wildman–Crippen MR) is 82.1 cm³/mol. The van der Waals surface area contributed by atoms with Crippen LogP contribution in [0.5, 0.6) is 0 Å². The molecule has 6 nitrogen and oxygen atoms in total. The van der Waals surface area contributed by atoms with Gasteiger partial charge in [-0.3, -0.25) is 4.79 Å². The van der Waals surface area contributed by atoms with E-state index in [4.69, 9.17) is 0 Å². The molecule has 0 aliphatic carbocycles. The smallest absolute Gasteiger partial charge is 0.319 e. The molecule has 0 aromatic heterocycles. The van der Waals surface area contributed by atoms with Crippen molar-refractivity contribution in [1.82, 2.24) is 16.0 Å². The Morgan fingerprint density at radius 2 is 1.86 bits per heavy atom. The number of piperidine rings is 1. The van der Waals surface area contributed by atoms with Crippen LogP contribution in [0.2, 0.25) is 0 Å². The summed E-state index contributed by atoms with van der Waals surface area (Å²) in [6.07, 6.45) is 1.85. The van der Waals surface area contributed by atoms with Crippen molar-refractivity contribution in [3.05, 3.63) is 30.3 Å². The molecule has 6 heteroatoms. The highest BCUT2D eigenvalue weighted by molar-refractivity contribution is 5.93. The Labute approximate surface area is 124 Å². The average Bonchev–Trinajstić information content (AvgIpc) is 2.49. The van der Waals surface area contributed by atoms with Crippen LogP contribution >= 0.6 is 0 Å². The molecule has 3 amide bonds. The lowest BCUT2D eigenvalue weighted by atomic mass is 10.1. The number of nitrogens with one attached hydrogen (secondary N) is 4. The van der Waals surface area contributed by atoms with Gasteiger partial charge in [-0.1, -0.05) is 18.2 Å². The standard InChI is InChI=1S/C15H22N4O2/c1-11(14(20)18-13-7-9-16-10-8-13)17-15(21)19-12-5-3-2-4-6-12/h2-6,11,13,16H,7-10H2,1H3,(H,18,20)(H2,17,19,21). The minimum absolute atomic E-state index is 0.148. The maximum Gasteiger partial charge on any atom is 0.319 e. The number of benzene rings is 1. The Kier molecular flexibility index (Phi) is 5.57. The molecule has 1 unspecified atom stereocenters. The molecular formula is C15H22N4O2. The summed E-state index contributed by atoms with van der Waals surface area (Å²) in [5.74, 6) is -0.148. The lowest BCUT2D eigenvalue weighted by Gasteiger charge is -2.25. The first-order chi connectivity index (χ1) is 10.1. The highest BCUT2D eigenvalue weighted by Crippen LogP contribution is 2.05. The fourth-order valence-corrected chi connectivity index (χ4v) is 2.24.